The lowest BCUT2D eigenvalue weighted by atomic mass is 9.92. The average Bonchev–Trinajstić information content (AvgIpc) is 2.78. The van der Waals surface area contributed by atoms with Crippen LogP contribution in [0.1, 0.15) is 42.2 Å². The van der Waals surface area contributed by atoms with Crippen LogP contribution in [0, 0.1) is 6.92 Å². The highest BCUT2D eigenvalue weighted by atomic mass is 16.5. The fourth-order valence-corrected chi connectivity index (χ4v) is 2.42. The summed E-state index contributed by atoms with van der Waals surface area (Å²) in [7, 11) is 0. The maximum atomic E-state index is 12.4. The first-order valence-electron chi connectivity index (χ1n) is 7.18. The van der Waals surface area contributed by atoms with E-state index in [1.165, 1.54) is 0 Å². The van der Waals surface area contributed by atoms with E-state index in [0.29, 0.717) is 25.3 Å². The van der Waals surface area contributed by atoms with Crippen LogP contribution in [0.3, 0.4) is 0 Å². The molecule has 0 radical (unpaired) electrons. The fourth-order valence-electron chi connectivity index (χ4n) is 2.42. The van der Waals surface area contributed by atoms with Gasteiger partial charge in [0.15, 0.2) is 0 Å². The number of amides is 1. The van der Waals surface area contributed by atoms with Gasteiger partial charge in [-0.15, -0.1) is 0 Å². The molecule has 0 unspecified atom stereocenters. The summed E-state index contributed by atoms with van der Waals surface area (Å²) in [6, 6.07) is 0. The summed E-state index contributed by atoms with van der Waals surface area (Å²) >= 11 is 0. The van der Waals surface area contributed by atoms with Crippen LogP contribution in [0.25, 0.3) is 0 Å². The van der Waals surface area contributed by atoms with Crippen molar-refractivity contribution in [1.29, 1.82) is 0 Å². The van der Waals surface area contributed by atoms with Gasteiger partial charge >= 0.3 is 0 Å². The lowest BCUT2D eigenvalue weighted by Crippen LogP contribution is -2.49. The molecule has 0 aromatic carbocycles. The summed E-state index contributed by atoms with van der Waals surface area (Å²) in [6.07, 6.45) is 4.20. The van der Waals surface area contributed by atoms with Crippen molar-refractivity contribution in [3.8, 4) is 0 Å². The molecule has 0 saturated carbocycles. The first kappa shape index (κ1) is 15.0. The second kappa shape index (κ2) is 6.37. The molecule has 3 N–H and O–H groups in total. The number of nitrogens with zero attached hydrogens (tertiary/aromatic N) is 2. The van der Waals surface area contributed by atoms with Gasteiger partial charge in [0.1, 0.15) is 0 Å². The average molecular weight is 280 g/mol. The summed E-state index contributed by atoms with van der Waals surface area (Å²) in [5.74, 6) is -0.0501. The minimum Gasteiger partial charge on any atom is -0.381 e. The number of hydrogen-bond acceptors (Lipinski definition) is 4. The van der Waals surface area contributed by atoms with Crippen LogP contribution in [-0.2, 0) is 11.3 Å². The Morgan fingerprint density at radius 2 is 2.25 bits per heavy atom. The van der Waals surface area contributed by atoms with E-state index in [1.807, 2.05) is 11.6 Å². The van der Waals surface area contributed by atoms with Crippen molar-refractivity contribution in [3.63, 3.8) is 0 Å². The van der Waals surface area contributed by atoms with Gasteiger partial charge in [0.2, 0.25) is 0 Å². The maximum Gasteiger partial charge on any atom is 0.255 e. The molecule has 1 aliphatic heterocycles. The Morgan fingerprint density at radius 1 is 1.55 bits per heavy atom. The smallest absolute Gasteiger partial charge is 0.255 e. The van der Waals surface area contributed by atoms with Crippen LogP contribution in [-0.4, -0.2) is 41.0 Å². The number of nitrogens with two attached hydrogens (primary N) is 1. The molecule has 2 heterocycles. The number of carbonyl (C=O) groups excluding carboxylic acids is 1. The molecule has 0 spiro atoms. The standard InChI is InChI=1S/C14H24N4O2/c1-11-12(10-16-18(11)7-3-6-15)13(19)17-14(2)4-8-20-9-5-14/h10H,3-9,15H2,1-2H3,(H,17,19). The highest BCUT2D eigenvalue weighted by molar-refractivity contribution is 5.95. The number of carbonyl (C=O) groups is 1. The van der Waals surface area contributed by atoms with Crippen molar-refractivity contribution in [2.75, 3.05) is 19.8 Å². The number of aromatic nitrogens is 2. The molecule has 112 valence electrons. The molecule has 1 aromatic rings. The van der Waals surface area contributed by atoms with Crippen molar-refractivity contribution in [3.05, 3.63) is 17.5 Å². The molecule has 0 bridgehead atoms. The van der Waals surface area contributed by atoms with Gasteiger partial charge in [-0.25, -0.2) is 0 Å². The predicted molar refractivity (Wildman–Crippen MR) is 76.6 cm³/mol. The van der Waals surface area contributed by atoms with E-state index in [9.17, 15) is 4.79 Å². The van der Waals surface area contributed by atoms with Gasteiger partial charge in [-0.1, -0.05) is 0 Å². The molecule has 1 amide bonds. The first-order valence-corrected chi connectivity index (χ1v) is 7.18. The van der Waals surface area contributed by atoms with Gasteiger partial charge in [-0.3, -0.25) is 9.48 Å². The molecule has 20 heavy (non-hydrogen) atoms. The van der Waals surface area contributed by atoms with Crippen molar-refractivity contribution < 1.29 is 9.53 Å². The third kappa shape index (κ3) is 3.37. The van der Waals surface area contributed by atoms with Crippen LogP contribution < -0.4 is 11.1 Å². The normalized spacial score (nSPS) is 17.9. The van der Waals surface area contributed by atoms with E-state index in [1.54, 1.807) is 6.20 Å². The van der Waals surface area contributed by atoms with Crippen LogP contribution in [0.5, 0.6) is 0 Å². The zero-order valence-corrected chi connectivity index (χ0v) is 12.3. The highest BCUT2D eigenvalue weighted by Crippen LogP contribution is 2.21. The van der Waals surface area contributed by atoms with Gasteiger partial charge < -0.3 is 15.8 Å². The molecule has 0 atom stereocenters. The molecule has 1 aromatic heterocycles. The predicted octanol–water partition coefficient (Wildman–Crippen LogP) is 0.839. The van der Waals surface area contributed by atoms with Crippen LogP contribution in [0.4, 0.5) is 0 Å². The Morgan fingerprint density at radius 3 is 2.90 bits per heavy atom. The third-order valence-electron chi connectivity index (χ3n) is 3.93. The van der Waals surface area contributed by atoms with E-state index in [4.69, 9.17) is 10.5 Å². The Kier molecular flexibility index (Phi) is 4.77. The van der Waals surface area contributed by atoms with Gasteiger partial charge in [0.05, 0.1) is 11.8 Å². The summed E-state index contributed by atoms with van der Waals surface area (Å²) in [5, 5.41) is 7.39. The molecule has 1 fully saturated rings. The van der Waals surface area contributed by atoms with Crippen molar-refractivity contribution in [2.45, 2.75) is 45.2 Å². The molecule has 1 aliphatic rings. The van der Waals surface area contributed by atoms with Crippen molar-refractivity contribution >= 4 is 5.91 Å². The number of nitrogens with one attached hydrogen (secondary N) is 1. The monoisotopic (exact) mass is 280 g/mol. The zero-order chi connectivity index (χ0) is 14.6. The van der Waals surface area contributed by atoms with Gasteiger partial charge in [-0.05, 0) is 39.7 Å². The maximum absolute atomic E-state index is 12.4. The molecular formula is C14H24N4O2. The second-order valence-corrected chi connectivity index (χ2v) is 5.64. The first-order chi connectivity index (χ1) is 9.56. The van der Waals surface area contributed by atoms with E-state index < -0.39 is 0 Å². The molecule has 2 rings (SSSR count). The molecule has 6 heteroatoms. The molecular weight excluding hydrogens is 256 g/mol. The minimum absolute atomic E-state index is 0.0501. The lowest BCUT2D eigenvalue weighted by Gasteiger charge is -2.34. The molecule has 6 nitrogen and oxygen atoms in total. The fraction of sp³-hybridized carbons (Fsp3) is 0.714. The topological polar surface area (TPSA) is 82.2 Å². The molecule has 1 saturated heterocycles. The summed E-state index contributed by atoms with van der Waals surface area (Å²) in [4.78, 5) is 12.4. The SMILES string of the molecule is Cc1c(C(=O)NC2(C)CCOCC2)cnn1CCCN. The van der Waals surface area contributed by atoms with Crippen molar-refractivity contribution in [2.24, 2.45) is 5.73 Å². The summed E-state index contributed by atoms with van der Waals surface area (Å²) < 4.78 is 7.19. The minimum atomic E-state index is -0.179. The zero-order valence-electron chi connectivity index (χ0n) is 12.3. The number of aryl methyl sites for hydroxylation is 1. The largest absolute Gasteiger partial charge is 0.381 e. The van der Waals surface area contributed by atoms with Gasteiger partial charge in [-0.2, -0.15) is 5.10 Å². The quantitative estimate of drug-likeness (QED) is 0.837. The summed E-state index contributed by atoms with van der Waals surface area (Å²) in [6.45, 7) is 6.77. The summed E-state index contributed by atoms with van der Waals surface area (Å²) in [5.41, 5.74) is 6.87. The van der Waals surface area contributed by atoms with Crippen LogP contribution >= 0.6 is 0 Å². The number of ether oxygens (including phenoxy) is 1. The van der Waals surface area contributed by atoms with E-state index in [-0.39, 0.29) is 11.4 Å². The van der Waals surface area contributed by atoms with E-state index >= 15 is 0 Å². The van der Waals surface area contributed by atoms with Crippen LogP contribution in [0.2, 0.25) is 0 Å². The van der Waals surface area contributed by atoms with Gasteiger partial charge in [0.25, 0.3) is 5.91 Å². The molecule has 0 aliphatic carbocycles. The van der Waals surface area contributed by atoms with Gasteiger partial charge in [0, 0.05) is 31.0 Å². The number of rotatable bonds is 5. The Bertz CT molecular complexity index is 464. The van der Waals surface area contributed by atoms with Crippen molar-refractivity contribution in [1.82, 2.24) is 15.1 Å². The Hall–Kier alpha value is -1.40. The van der Waals surface area contributed by atoms with E-state index in [0.717, 1.165) is 31.5 Å². The Balaban J connectivity index is 2.03. The Labute approximate surface area is 119 Å². The highest BCUT2D eigenvalue weighted by Gasteiger charge is 2.30. The lowest BCUT2D eigenvalue weighted by molar-refractivity contribution is 0.0422. The van der Waals surface area contributed by atoms with Crippen LogP contribution in [0.15, 0.2) is 6.20 Å². The third-order valence-corrected chi connectivity index (χ3v) is 3.93. The number of hydrogen-bond donors (Lipinski definition) is 2. The van der Waals surface area contributed by atoms with E-state index in [2.05, 4.69) is 17.3 Å². The second-order valence-electron chi connectivity index (χ2n) is 5.64.